The second-order valence-electron chi connectivity index (χ2n) is 3.78. The third-order valence-corrected chi connectivity index (χ3v) is 3.49. The summed E-state index contributed by atoms with van der Waals surface area (Å²) in [7, 11) is 0. The molecule has 0 bridgehead atoms. The number of halogens is 2. The van der Waals surface area contributed by atoms with Gasteiger partial charge in [-0.3, -0.25) is 4.98 Å². The van der Waals surface area contributed by atoms with Crippen LogP contribution in [0.15, 0.2) is 18.2 Å². The Bertz CT molecular complexity index is 626. The molecule has 0 aliphatic carbocycles. The monoisotopic (exact) mass is 283 g/mol. The predicted molar refractivity (Wildman–Crippen MR) is 72.5 cm³/mol. The molecule has 94 valence electrons. The van der Waals surface area contributed by atoms with Gasteiger partial charge in [-0.1, -0.05) is 23.2 Å². The molecule has 2 aromatic rings. The van der Waals surface area contributed by atoms with Gasteiger partial charge in [-0.2, -0.15) is 0 Å². The fraction of sp³-hybridized carbons (Fsp3) is 0.231. The van der Waals surface area contributed by atoms with Crippen LogP contribution in [0.4, 0.5) is 0 Å². The molecule has 18 heavy (non-hydrogen) atoms. The first kappa shape index (κ1) is 13.1. The summed E-state index contributed by atoms with van der Waals surface area (Å²) in [5.74, 6) is -0.382. The first-order valence-corrected chi connectivity index (χ1v) is 6.22. The van der Waals surface area contributed by atoms with E-state index in [4.69, 9.17) is 27.9 Å². The van der Waals surface area contributed by atoms with E-state index in [0.29, 0.717) is 38.8 Å². The van der Waals surface area contributed by atoms with Crippen molar-refractivity contribution in [3.8, 4) is 0 Å². The summed E-state index contributed by atoms with van der Waals surface area (Å²) in [5, 5.41) is 1.47. The van der Waals surface area contributed by atoms with E-state index >= 15 is 0 Å². The molecular formula is C13H11Cl2NO2. The molecule has 0 N–H and O–H groups in total. The number of hydrogen-bond donors (Lipinski definition) is 0. The Hall–Kier alpha value is -1.32. The number of carbonyl (C=O) groups excluding carboxylic acids is 1. The van der Waals surface area contributed by atoms with E-state index in [2.05, 4.69) is 4.98 Å². The van der Waals surface area contributed by atoms with Gasteiger partial charge in [0.25, 0.3) is 0 Å². The summed E-state index contributed by atoms with van der Waals surface area (Å²) < 4.78 is 4.94. The fourth-order valence-electron chi connectivity index (χ4n) is 1.66. The lowest BCUT2D eigenvalue weighted by Crippen LogP contribution is -2.04. The van der Waals surface area contributed by atoms with Crippen LogP contribution in [0.5, 0.6) is 0 Å². The highest BCUT2D eigenvalue weighted by atomic mass is 35.5. The molecule has 0 saturated carbocycles. The minimum atomic E-state index is -0.382. The number of carbonyl (C=O) groups is 1. The molecule has 0 spiro atoms. The minimum absolute atomic E-state index is 0.331. The van der Waals surface area contributed by atoms with E-state index in [0.717, 1.165) is 0 Å². The Balaban J connectivity index is 2.61. The van der Waals surface area contributed by atoms with Gasteiger partial charge in [-0.25, -0.2) is 4.79 Å². The van der Waals surface area contributed by atoms with Crippen LogP contribution in [0.25, 0.3) is 10.9 Å². The van der Waals surface area contributed by atoms with Gasteiger partial charge < -0.3 is 4.74 Å². The number of aryl methyl sites for hydroxylation is 1. The smallest absolute Gasteiger partial charge is 0.338 e. The van der Waals surface area contributed by atoms with Crippen LogP contribution >= 0.6 is 23.2 Å². The Labute approximate surface area is 115 Å². The van der Waals surface area contributed by atoms with Crippen LogP contribution in [0.2, 0.25) is 10.0 Å². The van der Waals surface area contributed by atoms with Crippen LogP contribution in [0.3, 0.4) is 0 Å². The van der Waals surface area contributed by atoms with Gasteiger partial charge in [0, 0.05) is 5.39 Å². The van der Waals surface area contributed by atoms with Crippen molar-refractivity contribution >= 4 is 40.1 Å². The molecule has 0 fully saturated rings. The lowest BCUT2D eigenvalue weighted by molar-refractivity contribution is 0.0526. The highest BCUT2D eigenvalue weighted by Gasteiger charge is 2.12. The minimum Gasteiger partial charge on any atom is -0.462 e. The van der Waals surface area contributed by atoms with Crippen LogP contribution < -0.4 is 0 Å². The van der Waals surface area contributed by atoms with E-state index in [1.807, 2.05) is 0 Å². The summed E-state index contributed by atoms with van der Waals surface area (Å²) in [6, 6.07) is 5.04. The van der Waals surface area contributed by atoms with Crippen molar-refractivity contribution in [2.75, 3.05) is 6.61 Å². The third-order valence-electron chi connectivity index (χ3n) is 2.54. The molecule has 0 unspecified atom stereocenters. The van der Waals surface area contributed by atoms with Crippen molar-refractivity contribution in [3.63, 3.8) is 0 Å². The summed E-state index contributed by atoms with van der Waals surface area (Å²) in [4.78, 5) is 15.9. The molecular weight excluding hydrogens is 273 g/mol. The fourth-order valence-corrected chi connectivity index (χ4v) is 2.09. The number of hydrogen-bond acceptors (Lipinski definition) is 3. The van der Waals surface area contributed by atoms with Crippen LogP contribution in [-0.2, 0) is 4.74 Å². The molecule has 0 atom stereocenters. The lowest BCUT2D eigenvalue weighted by atomic mass is 10.1. The van der Waals surface area contributed by atoms with Crippen molar-refractivity contribution in [2.45, 2.75) is 13.8 Å². The standard InChI is InChI=1S/C13H11Cl2NO2/c1-3-18-13(17)8-4-5-10-9(6-8)12(15)11(14)7(2)16-10/h4-6H,3H2,1-2H3. The average Bonchev–Trinajstić information content (AvgIpc) is 2.36. The van der Waals surface area contributed by atoms with Crippen LogP contribution in [0.1, 0.15) is 23.0 Å². The van der Waals surface area contributed by atoms with E-state index in [1.54, 1.807) is 32.0 Å². The molecule has 0 radical (unpaired) electrons. The van der Waals surface area contributed by atoms with Crippen LogP contribution in [0, 0.1) is 6.92 Å². The SMILES string of the molecule is CCOC(=O)c1ccc2nc(C)c(Cl)c(Cl)c2c1. The number of nitrogens with zero attached hydrogens (tertiary/aromatic N) is 1. The number of rotatable bonds is 2. The lowest BCUT2D eigenvalue weighted by Gasteiger charge is -2.07. The quantitative estimate of drug-likeness (QED) is 0.782. The first-order chi connectivity index (χ1) is 8.54. The molecule has 0 aliphatic heterocycles. The Morgan fingerprint density at radius 3 is 2.72 bits per heavy atom. The number of pyridine rings is 1. The second-order valence-corrected chi connectivity index (χ2v) is 4.53. The average molecular weight is 284 g/mol. The summed E-state index contributed by atoms with van der Waals surface area (Å²) in [6.45, 7) is 3.87. The van der Waals surface area contributed by atoms with E-state index in [1.165, 1.54) is 0 Å². The molecule has 1 heterocycles. The highest BCUT2D eigenvalue weighted by molar-refractivity contribution is 6.45. The number of esters is 1. The molecule has 1 aromatic heterocycles. The predicted octanol–water partition coefficient (Wildman–Crippen LogP) is 4.03. The van der Waals surface area contributed by atoms with E-state index in [9.17, 15) is 4.79 Å². The maximum Gasteiger partial charge on any atom is 0.338 e. The number of aromatic nitrogens is 1. The normalized spacial score (nSPS) is 10.7. The Kier molecular flexibility index (Phi) is 3.73. The number of fused-ring (bicyclic) bond motifs is 1. The molecule has 2 rings (SSSR count). The second kappa shape index (κ2) is 5.12. The molecule has 1 aromatic carbocycles. The van der Waals surface area contributed by atoms with E-state index < -0.39 is 0 Å². The van der Waals surface area contributed by atoms with Gasteiger partial charge in [0.1, 0.15) is 0 Å². The third kappa shape index (κ3) is 2.28. The van der Waals surface area contributed by atoms with Crippen molar-refractivity contribution in [1.29, 1.82) is 0 Å². The highest BCUT2D eigenvalue weighted by Crippen LogP contribution is 2.32. The molecule has 0 amide bonds. The summed E-state index contributed by atoms with van der Waals surface area (Å²) >= 11 is 12.2. The summed E-state index contributed by atoms with van der Waals surface area (Å²) in [6.07, 6.45) is 0. The zero-order chi connectivity index (χ0) is 13.3. The maximum atomic E-state index is 11.6. The van der Waals surface area contributed by atoms with Gasteiger partial charge in [0.05, 0.1) is 33.4 Å². The van der Waals surface area contributed by atoms with Crippen molar-refractivity contribution in [3.05, 3.63) is 39.5 Å². The molecule has 0 aliphatic rings. The summed E-state index contributed by atoms with van der Waals surface area (Å²) in [5.41, 5.74) is 1.81. The van der Waals surface area contributed by atoms with Crippen molar-refractivity contribution < 1.29 is 9.53 Å². The van der Waals surface area contributed by atoms with Gasteiger partial charge in [-0.05, 0) is 32.0 Å². The van der Waals surface area contributed by atoms with Gasteiger partial charge in [-0.15, -0.1) is 0 Å². The molecule has 5 heteroatoms. The van der Waals surface area contributed by atoms with Crippen molar-refractivity contribution in [2.24, 2.45) is 0 Å². The largest absolute Gasteiger partial charge is 0.462 e. The molecule has 0 saturated heterocycles. The zero-order valence-corrected chi connectivity index (χ0v) is 11.5. The van der Waals surface area contributed by atoms with E-state index in [-0.39, 0.29) is 5.97 Å². The van der Waals surface area contributed by atoms with Gasteiger partial charge in [0.2, 0.25) is 0 Å². The number of benzene rings is 1. The Morgan fingerprint density at radius 2 is 2.06 bits per heavy atom. The zero-order valence-electron chi connectivity index (χ0n) is 9.96. The first-order valence-electron chi connectivity index (χ1n) is 5.47. The Morgan fingerprint density at radius 1 is 1.33 bits per heavy atom. The topological polar surface area (TPSA) is 39.2 Å². The maximum absolute atomic E-state index is 11.6. The van der Waals surface area contributed by atoms with Gasteiger partial charge in [0.15, 0.2) is 0 Å². The van der Waals surface area contributed by atoms with Crippen molar-refractivity contribution in [1.82, 2.24) is 4.98 Å². The molecule has 3 nitrogen and oxygen atoms in total. The van der Waals surface area contributed by atoms with Crippen LogP contribution in [-0.4, -0.2) is 17.6 Å². The van der Waals surface area contributed by atoms with Gasteiger partial charge >= 0.3 is 5.97 Å². The number of ether oxygens (including phenoxy) is 1.